The molecule has 0 spiro atoms. The number of anilines is 1. The van der Waals surface area contributed by atoms with Gasteiger partial charge in [0.05, 0.1) is 29.4 Å². The summed E-state index contributed by atoms with van der Waals surface area (Å²) in [5.41, 5.74) is -2.75. The topological polar surface area (TPSA) is 82.6 Å². The Morgan fingerprint density at radius 2 is 1.60 bits per heavy atom. The van der Waals surface area contributed by atoms with Crippen molar-refractivity contribution in [2.45, 2.75) is 49.7 Å². The van der Waals surface area contributed by atoms with Gasteiger partial charge in [-0.25, -0.2) is 0 Å². The quantitative estimate of drug-likeness (QED) is 0.450. The highest BCUT2D eigenvalue weighted by Crippen LogP contribution is 2.41. The van der Waals surface area contributed by atoms with E-state index in [1.54, 1.807) is 31.2 Å². The van der Waals surface area contributed by atoms with Gasteiger partial charge < -0.3 is 29.3 Å². The molecule has 2 aliphatic heterocycles. The Balaban J connectivity index is 1.27. The van der Waals surface area contributed by atoms with E-state index in [2.05, 4.69) is 4.90 Å². The summed E-state index contributed by atoms with van der Waals surface area (Å²) in [5, 5.41) is 11.0. The van der Waals surface area contributed by atoms with Crippen LogP contribution in [-0.4, -0.2) is 98.6 Å². The highest BCUT2D eigenvalue weighted by atomic mass is 35.5. The fraction of sp³-hybridized carbons (Fsp3) is 0.533. The predicted molar refractivity (Wildman–Crippen MR) is 153 cm³/mol. The van der Waals surface area contributed by atoms with E-state index in [1.807, 2.05) is 6.07 Å². The number of nitrogens with zero attached hydrogens (tertiary/aromatic N) is 3. The number of methoxy groups -OCH3 is 1. The maximum atomic E-state index is 13.9. The van der Waals surface area contributed by atoms with Crippen molar-refractivity contribution >= 4 is 29.1 Å². The third kappa shape index (κ3) is 7.02. The van der Waals surface area contributed by atoms with E-state index >= 15 is 0 Å². The summed E-state index contributed by atoms with van der Waals surface area (Å²) >= 11 is 6.46. The highest BCUT2D eigenvalue weighted by molar-refractivity contribution is 6.34. The van der Waals surface area contributed by atoms with E-state index in [0.717, 1.165) is 48.7 Å². The summed E-state index contributed by atoms with van der Waals surface area (Å²) < 4.78 is 53.1. The van der Waals surface area contributed by atoms with Gasteiger partial charge in [0.15, 0.2) is 0 Å². The molecule has 2 aliphatic rings. The molecule has 2 fully saturated rings. The van der Waals surface area contributed by atoms with Gasteiger partial charge >= 0.3 is 6.18 Å². The van der Waals surface area contributed by atoms with Crippen LogP contribution in [0.1, 0.15) is 41.6 Å². The predicted octanol–water partition coefficient (Wildman–Crippen LogP) is 4.48. The minimum atomic E-state index is -5.16. The standard InChI is InChI=1S/C30H37ClF3N3O5/c1-35(18-19-41-2)27(38)25-9-8-22(20-26(25)31)36-14-10-23(11-15-36)42-24-12-16-37(17-13-24)28(39)29(40,30(32,33)34)21-6-4-3-5-7-21/h3-9,20,23-24,40H,10-19H2,1-2H3. The number of likely N-dealkylation sites (N-methyl/N-ethyl adjacent to an activating group) is 1. The molecule has 8 nitrogen and oxygen atoms in total. The number of rotatable bonds is 9. The molecule has 1 unspecified atom stereocenters. The Morgan fingerprint density at radius 3 is 2.14 bits per heavy atom. The molecule has 1 N–H and O–H groups in total. The lowest BCUT2D eigenvalue weighted by atomic mass is 9.90. The summed E-state index contributed by atoms with van der Waals surface area (Å²) in [6.07, 6.45) is -3.09. The van der Waals surface area contributed by atoms with Crippen molar-refractivity contribution in [1.82, 2.24) is 9.80 Å². The molecule has 2 heterocycles. The smallest absolute Gasteiger partial charge is 0.383 e. The number of likely N-dealkylation sites (tertiary alicyclic amines) is 1. The third-order valence-corrected chi connectivity index (χ3v) is 8.31. The van der Waals surface area contributed by atoms with Crippen LogP contribution in [0.5, 0.6) is 0 Å². The van der Waals surface area contributed by atoms with Crippen LogP contribution < -0.4 is 4.90 Å². The monoisotopic (exact) mass is 611 g/mol. The fourth-order valence-electron chi connectivity index (χ4n) is 5.44. The van der Waals surface area contributed by atoms with E-state index in [0.29, 0.717) is 36.6 Å². The largest absolute Gasteiger partial charge is 0.430 e. The maximum absolute atomic E-state index is 13.9. The molecular weight excluding hydrogens is 575 g/mol. The molecule has 0 saturated carbocycles. The van der Waals surface area contributed by atoms with E-state index in [4.69, 9.17) is 21.1 Å². The molecule has 2 amide bonds. The number of piperidine rings is 2. The summed E-state index contributed by atoms with van der Waals surface area (Å²) in [6.45, 7) is 2.46. The van der Waals surface area contributed by atoms with E-state index in [-0.39, 0.29) is 31.2 Å². The van der Waals surface area contributed by atoms with Gasteiger partial charge in [-0.1, -0.05) is 41.9 Å². The van der Waals surface area contributed by atoms with Crippen LogP contribution in [-0.2, 0) is 19.9 Å². The second kappa shape index (κ2) is 13.6. The Hall–Kier alpha value is -2.86. The highest BCUT2D eigenvalue weighted by Gasteiger charge is 2.62. The van der Waals surface area contributed by atoms with Crippen molar-refractivity contribution in [3.63, 3.8) is 0 Å². The number of alkyl halides is 3. The molecule has 0 aromatic heterocycles. The Kier molecular flexibility index (Phi) is 10.4. The van der Waals surface area contributed by atoms with Crippen molar-refractivity contribution < 1.29 is 37.3 Å². The molecule has 0 radical (unpaired) electrons. The number of amides is 2. The summed E-state index contributed by atoms with van der Waals surface area (Å²) in [6, 6.07) is 11.9. The molecule has 0 aliphatic carbocycles. The van der Waals surface area contributed by atoms with Gasteiger partial charge in [-0.05, 0) is 43.9 Å². The lowest BCUT2D eigenvalue weighted by molar-refractivity contribution is -0.262. The lowest BCUT2D eigenvalue weighted by Crippen LogP contribution is -2.57. The molecule has 4 rings (SSSR count). The lowest BCUT2D eigenvalue weighted by Gasteiger charge is -2.40. The zero-order valence-electron chi connectivity index (χ0n) is 23.8. The first kappa shape index (κ1) is 32.1. The van der Waals surface area contributed by atoms with Gasteiger partial charge in [-0.3, -0.25) is 9.59 Å². The molecule has 2 aromatic rings. The fourth-order valence-corrected chi connectivity index (χ4v) is 5.70. The zero-order chi connectivity index (χ0) is 30.5. The van der Waals surface area contributed by atoms with Crippen molar-refractivity contribution in [2.75, 3.05) is 58.4 Å². The van der Waals surface area contributed by atoms with Gasteiger partial charge in [0, 0.05) is 58.1 Å². The minimum absolute atomic E-state index is 0.0179. The first-order valence-electron chi connectivity index (χ1n) is 14.0. The summed E-state index contributed by atoms with van der Waals surface area (Å²) in [5.74, 6) is -1.53. The third-order valence-electron chi connectivity index (χ3n) is 7.99. The molecule has 2 aromatic carbocycles. The Bertz CT molecular complexity index is 1220. The molecule has 12 heteroatoms. The maximum Gasteiger partial charge on any atom is 0.430 e. The summed E-state index contributed by atoms with van der Waals surface area (Å²) in [4.78, 5) is 30.5. The number of benzene rings is 2. The van der Waals surface area contributed by atoms with Gasteiger partial charge in [-0.15, -0.1) is 0 Å². The molecule has 230 valence electrons. The number of ether oxygens (including phenoxy) is 2. The second-order valence-electron chi connectivity index (χ2n) is 10.8. The van der Waals surface area contributed by atoms with Gasteiger partial charge in [-0.2, -0.15) is 13.2 Å². The zero-order valence-corrected chi connectivity index (χ0v) is 24.5. The minimum Gasteiger partial charge on any atom is -0.383 e. The number of hydrogen-bond donors (Lipinski definition) is 1. The first-order chi connectivity index (χ1) is 20.0. The Labute approximate surface area is 248 Å². The molecular formula is C30H37ClF3N3O5. The van der Waals surface area contributed by atoms with Crippen LogP contribution in [0.25, 0.3) is 0 Å². The number of aliphatic hydroxyl groups is 1. The normalized spacial score (nSPS) is 18.5. The number of carbonyl (C=O) groups excluding carboxylic acids is 2. The molecule has 1 atom stereocenters. The van der Waals surface area contributed by atoms with Crippen LogP contribution in [0.2, 0.25) is 5.02 Å². The van der Waals surface area contributed by atoms with Gasteiger partial charge in [0.25, 0.3) is 17.4 Å². The molecule has 42 heavy (non-hydrogen) atoms. The van der Waals surface area contributed by atoms with E-state index < -0.39 is 23.2 Å². The van der Waals surface area contributed by atoms with Gasteiger partial charge in [0.1, 0.15) is 0 Å². The Morgan fingerprint density at radius 1 is 1.00 bits per heavy atom. The molecule has 2 saturated heterocycles. The van der Waals surface area contributed by atoms with Crippen molar-refractivity contribution in [3.05, 3.63) is 64.7 Å². The van der Waals surface area contributed by atoms with Crippen molar-refractivity contribution in [1.29, 1.82) is 0 Å². The van der Waals surface area contributed by atoms with Crippen molar-refractivity contribution in [3.8, 4) is 0 Å². The second-order valence-corrected chi connectivity index (χ2v) is 11.2. The van der Waals surface area contributed by atoms with Crippen LogP contribution >= 0.6 is 11.6 Å². The van der Waals surface area contributed by atoms with E-state index in [1.165, 1.54) is 18.2 Å². The first-order valence-corrected chi connectivity index (χ1v) is 14.4. The average Bonchev–Trinajstić information content (AvgIpc) is 2.99. The van der Waals surface area contributed by atoms with E-state index in [9.17, 15) is 27.9 Å². The number of carbonyl (C=O) groups is 2. The molecule has 0 bridgehead atoms. The van der Waals surface area contributed by atoms with Gasteiger partial charge in [0.2, 0.25) is 0 Å². The van der Waals surface area contributed by atoms with Crippen molar-refractivity contribution in [2.24, 2.45) is 0 Å². The van der Waals surface area contributed by atoms with Crippen LogP contribution in [0.3, 0.4) is 0 Å². The van der Waals surface area contributed by atoms with Crippen LogP contribution in [0.4, 0.5) is 18.9 Å². The number of hydrogen-bond acceptors (Lipinski definition) is 6. The van der Waals surface area contributed by atoms with Crippen LogP contribution in [0, 0.1) is 0 Å². The SMILES string of the molecule is COCCN(C)C(=O)c1ccc(N2CCC(OC3CCN(C(=O)C(O)(c4ccccc4)C(F)(F)F)CC3)CC2)cc1Cl. The number of halogens is 4. The summed E-state index contributed by atoms with van der Waals surface area (Å²) in [7, 11) is 3.28. The van der Waals surface area contributed by atoms with Crippen LogP contribution in [0.15, 0.2) is 48.5 Å². The average molecular weight is 612 g/mol.